The third-order valence-electron chi connectivity index (χ3n) is 4.57. The fraction of sp³-hybridized carbons (Fsp3) is 0.474. The highest BCUT2D eigenvalue weighted by atomic mass is 19.1. The van der Waals surface area contributed by atoms with E-state index in [1.54, 1.807) is 6.20 Å². The lowest BCUT2D eigenvalue weighted by atomic mass is 9.94. The summed E-state index contributed by atoms with van der Waals surface area (Å²) in [5.41, 5.74) is -0.586. The van der Waals surface area contributed by atoms with Gasteiger partial charge in [-0.3, -0.25) is 4.79 Å². The highest BCUT2D eigenvalue weighted by Crippen LogP contribution is 2.31. The van der Waals surface area contributed by atoms with Gasteiger partial charge in [0.25, 0.3) is 5.91 Å². The maximum Gasteiger partial charge on any atom is 0.259 e. The van der Waals surface area contributed by atoms with Crippen molar-refractivity contribution in [2.75, 3.05) is 13.1 Å². The molecule has 2 aromatic rings. The van der Waals surface area contributed by atoms with E-state index in [9.17, 15) is 13.6 Å². The average Bonchev–Trinajstić information content (AvgIpc) is 3.05. The first kappa shape index (κ1) is 17.6. The van der Waals surface area contributed by atoms with Crippen molar-refractivity contribution in [3.05, 3.63) is 53.2 Å². The van der Waals surface area contributed by atoms with Crippen LogP contribution in [0.15, 0.2) is 28.8 Å². The van der Waals surface area contributed by atoms with Gasteiger partial charge in [0.15, 0.2) is 5.89 Å². The number of oxazole rings is 1. The molecule has 3 rings (SSSR count). The Morgan fingerprint density at radius 1 is 1.20 bits per heavy atom. The van der Waals surface area contributed by atoms with E-state index in [2.05, 4.69) is 25.8 Å². The largest absolute Gasteiger partial charge is 0.445 e. The zero-order valence-corrected chi connectivity index (χ0v) is 14.7. The van der Waals surface area contributed by atoms with E-state index in [1.807, 2.05) is 0 Å². The zero-order chi connectivity index (χ0) is 18.2. The molecule has 0 aliphatic carbocycles. The molecule has 1 aromatic carbocycles. The van der Waals surface area contributed by atoms with Gasteiger partial charge in [0.2, 0.25) is 0 Å². The minimum atomic E-state index is -0.824. The van der Waals surface area contributed by atoms with Crippen molar-refractivity contribution in [3.63, 3.8) is 0 Å². The predicted molar refractivity (Wildman–Crippen MR) is 89.4 cm³/mol. The number of carbonyl (C=O) groups excluding carboxylic acids is 1. The molecule has 0 saturated carbocycles. The molecule has 0 bridgehead atoms. The van der Waals surface area contributed by atoms with Crippen LogP contribution < -0.4 is 0 Å². The number of carbonyl (C=O) groups is 1. The van der Waals surface area contributed by atoms with Gasteiger partial charge in [-0.05, 0) is 25.0 Å². The molecule has 0 N–H and O–H groups in total. The Kier molecular flexibility index (Phi) is 4.62. The highest BCUT2D eigenvalue weighted by molar-refractivity contribution is 5.94. The first-order valence-electron chi connectivity index (χ1n) is 8.47. The van der Waals surface area contributed by atoms with Crippen LogP contribution in [0.3, 0.4) is 0 Å². The highest BCUT2D eigenvalue weighted by Gasteiger charge is 2.30. The van der Waals surface area contributed by atoms with Crippen LogP contribution in [-0.4, -0.2) is 28.9 Å². The number of piperidine rings is 1. The van der Waals surface area contributed by atoms with Crippen molar-refractivity contribution in [1.82, 2.24) is 9.88 Å². The van der Waals surface area contributed by atoms with Gasteiger partial charge >= 0.3 is 0 Å². The minimum Gasteiger partial charge on any atom is -0.445 e. The predicted octanol–water partition coefficient (Wildman–Crippen LogP) is 4.27. The quantitative estimate of drug-likeness (QED) is 0.814. The Morgan fingerprint density at radius 2 is 1.80 bits per heavy atom. The van der Waals surface area contributed by atoms with Crippen LogP contribution in [0.25, 0.3) is 0 Å². The maximum absolute atomic E-state index is 13.8. The molecular weight excluding hydrogens is 326 g/mol. The summed E-state index contributed by atoms with van der Waals surface area (Å²) in [6.45, 7) is 7.01. The topological polar surface area (TPSA) is 46.3 Å². The molecule has 1 fully saturated rings. The summed E-state index contributed by atoms with van der Waals surface area (Å²) in [5, 5.41) is 0. The van der Waals surface area contributed by atoms with Gasteiger partial charge < -0.3 is 9.32 Å². The third kappa shape index (κ3) is 3.57. The molecule has 1 aliphatic heterocycles. The van der Waals surface area contributed by atoms with E-state index in [1.165, 1.54) is 11.0 Å². The number of hydrogen-bond donors (Lipinski definition) is 0. The van der Waals surface area contributed by atoms with Crippen molar-refractivity contribution in [2.45, 2.75) is 44.9 Å². The van der Waals surface area contributed by atoms with Crippen LogP contribution in [-0.2, 0) is 5.41 Å². The molecular formula is C19H22F2N2O2. The second kappa shape index (κ2) is 6.58. The number of likely N-dealkylation sites (tertiary alicyclic amines) is 1. The summed E-state index contributed by atoms with van der Waals surface area (Å²) in [6, 6.07) is 3.46. The van der Waals surface area contributed by atoms with Crippen LogP contribution in [0.1, 0.15) is 61.5 Å². The van der Waals surface area contributed by atoms with Gasteiger partial charge in [0.1, 0.15) is 23.0 Å². The Morgan fingerprint density at radius 3 is 2.32 bits per heavy atom. The number of aromatic nitrogens is 1. The lowest BCUT2D eigenvalue weighted by molar-refractivity contribution is 0.0696. The Hall–Kier alpha value is -2.24. The summed E-state index contributed by atoms with van der Waals surface area (Å²) in [4.78, 5) is 18.3. The SMILES string of the molecule is CC(C)(C)c1cnc(C2CCN(C(=O)c3c(F)cccc3F)CC2)o1. The van der Waals surface area contributed by atoms with E-state index in [4.69, 9.17) is 4.42 Å². The van der Waals surface area contributed by atoms with Crippen molar-refractivity contribution >= 4 is 5.91 Å². The Labute approximate surface area is 145 Å². The van der Waals surface area contributed by atoms with Crippen LogP contribution in [0, 0.1) is 11.6 Å². The van der Waals surface area contributed by atoms with Gasteiger partial charge in [-0.1, -0.05) is 26.8 Å². The molecule has 1 aliphatic rings. The second-order valence-electron chi connectivity index (χ2n) is 7.48. The minimum absolute atomic E-state index is 0.107. The van der Waals surface area contributed by atoms with E-state index in [0.29, 0.717) is 31.8 Å². The number of benzene rings is 1. The fourth-order valence-electron chi connectivity index (χ4n) is 3.01. The number of nitrogens with zero attached hydrogens (tertiary/aromatic N) is 2. The average molecular weight is 348 g/mol. The number of hydrogen-bond acceptors (Lipinski definition) is 3. The van der Waals surface area contributed by atoms with Gasteiger partial charge in [0, 0.05) is 24.4 Å². The van der Waals surface area contributed by atoms with Crippen molar-refractivity contribution in [2.24, 2.45) is 0 Å². The molecule has 1 amide bonds. The van der Waals surface area contributed by atoms with Gasteiger partial charge in [-0.15, -0.1) is 0 Å². The fourth-order valence-corrected chi connectivity index (χ4v) is 3.01. The standard InChI is InChI=1S/C19H22F2N2O2/c1-19(2,3)15-11-22-17(25-15)12-7-9-23(10-8-12)18(24)16-13(20)5-4-6-14(16)21/h4-6,11-12H,7-10H2,1-3H3. The van der Waals surface area contributed by atoms with E-state index in [0.717, 1.165) is 17.9 Å². The first-order valence-corrected chi connectivity index (χ1v) is 8.47. The molecule has 0 unspecified atom stereocenters. The Balaban J connectivity index is 1.68. The number of rotatable bonds is 2. The van der Waals surface area contributed by atoms with Crippen LogP contribution in [0.4, 0.5) is 8.78 Å². The molecule has 1 aromatic heterocycles. The molecule has 1 saturated heterocycles. The van der Waals surface area contributed by atoms with Gasteiger partial charge in [-0.25, -0.2) is 13.8 Å². The van der Waals surface area contributed by atoms with Crippen LogP contribution in [0.2, 0.25) is 0 Å². The first-order chi connectivity index (χ1) is 11.8. The molecule has 4 nitrogen and oxygen atoms in total. The van der Waals surface area contributed by atoms with Crippen LogP contribution in [0.5, 0.6) is 0 Å². The Bertz CT molecular complexity index is 752. The molecule has 2 heterocycles. The molecule has 25 heavy (non-hydrogen) atoms. The molecule has 0 spiro atoms. The van der Waals surface area contributed by atoms with Crippen molar-refractivity contribution < 1.29 is 18.0 Å². The third-order valence-corrected chi connectivity index (χ3v) is 4.57. The monoisotopic (exact) mass is 348 g/mol. The van der Waals surface area contributed by atoms with Gasteiger partial charge in [0.05, 0.1) is 6.20 Å². The number of amides is 1. The second-order valence-corrected chi connectivity index (χ2v) is 7.48. The number of halogens is 2. The molecule has 0 radical (unpaired) electrons. The summed E-state index contributed by atoms with van der Waals surface area (Å²) >= 11 is 0. The summed E-state index contributed by atoms with van der Waals surface area (Å²) in [5.74, 6) is -0.629. The van der Waals surface area contributed by atoms with Crippen molar-refractivity contribution in [3.8, 4) is 0 Å². The lowest BCUT2D eigenvalue weighted by Gasteiger charge is -2.31. The summed E-state index contributed by atoms with van der Waals surface area (Å²) in [6.07, 6.45) is 3.07. The zero-order valence-electron chi connectivity index (χ0n) is 14.7. The van der Waals surface area contributed by atoms with E-state index in [-0.39, 0.29) is 11.3 Å². The maximum atomic E-state index is 13.8. The van der Waals surface area contributed by atoms with E-state index >= 15 is 0 Å². The molecule has 0 atom stereocenters. The summed E-state index contributed by atoms with van der Waals surface area (Å²) in [7, 11) is 0. The summed E-state index contributed by atoms with van der Waals surface area (Å²) < 4.78 is 33.5. The smallest absolute Gasteiger partial charge is 0.259 e. The molecule has 134 valence electrons. The van der Waals surface area contributed by atoms with E-state index < -0.39 is 23.1 Å². The molecule has 6 heteroatoms. The normalized spacial score (nSPS) is 16.3. The van der Waals surface area contributed by atoms with Crippen LogP contribution >= 0.6 is 0 Å². The van der Waals surface area contributed by atoms with Gasteiger partial charge in [-0.2, -0.15) is 0 Å². The van der Waals surface area contributed by atoms with Crippen molar-refractivity contribution in [1.29, 1.82) is 0 Å². The lowest BCUT2D eigenvalue weighted by Crippen LogP contribution is -2.38.